The van der Waals surface area contributed by atoms with E-state index in [1.165, 1.54) is 17.4 Å². The van der Waals surface area contributed by atoms with Crippen LogP contribution in [0.5, 0.6) is 0 Å². The Bertz CT molecular complexity index is 562. The molecule has 5 heteroatoms. The second-order valence-electron chi connectivity index (χ2n) is 3.19. The molecule has 82 valence electrons. The van der Waals surface area contributed by atoms with Crippen LogP contribution in [-0.2, 0) is 0 Å². The number of nitro groups is 1. The molecule has 0 N–H and O–H groups in total. The van der Waals surface area contributed by atoms with Crippen LogP contribution in [0.4, 0.5) is 0 Å². The van der Waals surface area contributed by atoms with Crippen LogP contribution >= 0.6 is 22.9 Å². The second-order valence-corrected chi connectivity index (χ2v) is 4.66. The highest BCUT2D eigenvalue weighted by Gasteiger charge is 2.06. The molecule has 0 saturated heterocycles. The van der Waals surface area contributed by atoms with Gasteiger partial charge in [-0.3, -0.25) is 10.1 Å². The summed E-state index contributed by atoms with van der Waals surface area (Å²) in [5.41, 5.74) is 0. The summed E-state index contributed by atoms with van der Waals surface area (Å²) < 4.78 is 1.09. The van der Waals surface area contributed by atoms with Crippen molar-refractivity contribution < 1.29 is 4.92 Å². The third-order valence-corrected chi connectivity index (χ3v) is 3.74. The Balaban J connectivity index is 2.34. The molecule has 0 spiro atoms. The summed E-state index contributed by atoms with van der Waals surface area (Å²) >= 11 is 7.70. The number of thiophene rings is 1. The maximum atomic E-state index is 10.2. The van der Waals surface area contributed by atoms with Crippen LogP contribution in [0, 0.1) is 10.1 Å². The predicted molar refractivity (Wildman–Crippen MR) is 67.7 cm³/mol. The molecule has 2 rings (SSSR count). The molecule has 0 bridgehead atoms. The molecule has 0 aliphatic heterocycles. The van der Waals surface area contributed by atoms with Crippen LogP contribution in [0.2, 0.25) is 5.02 Å². The topological polar surface area (TPSA) is 43.1 Å². The van der Waals surface area contributed by atoms with Gasteiger partial charge >= 0.3 is 0 Å². The second kappa shape index (κ2) is 4.63. The quantitative estimate of drug-likeness (QED) is 0.616. The molecule has 0 aliphatic rings. The van der Waals surface area contributed by atoms with Gasteiger partial charge in [0, 0.05) is 19.9 Å². The molecular formula is C11H8ClNO2S. The third-order valence-electron chi connectivity index (χ3n) is 2.08. The number of benzene rings is 1. The molecule has 0 unspecified atom stereocenters. The number of hydrogen-bond donors (Lipinski definition) is 0. The van der Waals surface area contributed by atoms with Crippen LogP contribution in [0.3, 0.4) is 0 Å². The summed E-state index contributed by atoms with van der Waals surface area (Å²) in [6, 6.07) is 7.79. The Morgan fingerprint density at radius 2 is 2.19 bits per heavy atom. The van der Waals surface area contributed by atoms with E-state index in [4.69, 9.17) is 11.6 Å². The zero-order valence-electron chi connectivity index (χ0n) is 8.22. The van der Waals surface area contributed by atoms with Crippen molar-refractivity contribution in [2.75, 3.05) is 6.54 Å². The van der Waals surface area contributed by atoms with Gasteiger partial charge in [-0.15, -0.1) is 11.3 Å². The van der Waals surface area contributed by atoms with Gasteiger partial charge in [-0.05, 0) is 18.2 Å². The van der Waals surface area contributed by atoms with Crippen molar-refractivity contribution in [3.05, 3.63) is 50.4 Å². The lowest BCUT2D eigenvalue weighted by Crippen LogP contribution is -1.95. The smallest absolute Gasteiger partial charge is 0.222 e. The van der Waals surface area contributed by atoms with Crippen molar-refractivity contribution in [3.63, 3.8) is 0 Å². The number of fused-ring (bicyclic) bond motifs is 1. The van der Waals surface area contributed by atoms with E-state index in [0.717, 1.165) is 15.0 Å². The van der Waals surface area contributed by atoms with E-state index in [0.29, 0.717) is 5.02 Å². The van der Waals surface area contributed by atoms with Crippen LogP contribution in [0.15, 0.2) is 30.3 Å². The van der Waals surface area contributed by atoms with E-state index < -0.39 is 0 Å². The maximum Gasteiger partial charge on any atom is 0.222 e. The molecule has 1 aromatic carbocycles. The van der Waals surface area contributed by atoms with Gasteiger partial charge in [-0.25, -0.2) is 0 Å². The first-order chi connectivity index (χ1) is 7.68. The third kappa shape index (κ3) is 2.23. The summed E-state index contributed by atoms with van der Waals surface area (Å²) in [6.45, 7) is -0.176. The number of nitrogens with zero attached hydrogens (tertiary/aromatic N) is 1. The van der Waals surface area contributed by atoms with Gasteiger partial charge in [0.1, 0.15) is 0 Å². The fourth-order valence-corrected chi connectivity index (χ4v) is 2.81. The Morgan fingerprint density at radius 3 is 2.88 bits per heavy atom. The molecule has 0 aliphatic carbocycles. The summed E-state index contributed by atoms with van der Waals surface area (Å²) in [7, 11) is 0. The van der Waals surface area contributed by atoms with E-state index in [9.17, 15) is 10.1 Å². The van der Waals surface area contributed by atoms with Crippen LogP contribution in [-0.4, -0.2) is 11.5 Å². The largest absolute Gasteiger partial charge is 0.264 e. The molecule has 0 saturated carbocycles. The van der Waals surface area contributed by atoms with E-state index in [1.807, 2.05) is 24.3 Å². The average Bonchev–Trinajstić information content (AvgIpc) is 2.56. The summed E-state index contributed by atoms with van der Waals surface area (Å²) in [6.07, 6.45) is 3.21. The van der Waals surface area contributed by atoms with Crippen molar-refractivity contribution in [1.29, 1.82) is 0 Å². The van der Waals surface area contributed by atoms with Crippen molar-refractivity contribution >= 4 is 39.1 Å². The van der Waals surface area contributed by atoms with Crippen molar-refractivity contribution in [3.8, 4) is 0 Å². The minimum absolute atomic E-state index is 0.176. The molecule has 2 aromatic rings. The highest BCUT2D eigenvalue weighted by atomic mass is 35.5. The Hall–Kier alpha value is -1.39. The van der Waals surface area contributed by atoms with Gasteiger partial charge in [0.05, 0.1) is 5.02 Å². The Labute approximate surface area is 101 Å². The molecule has 0 radical (unpaired) electrons. The highest BCUT2D eigenvalue weighted by Crippen LogP contribution is 2.35. The lowest BCUT2D eigenvalue weighted by atomic mass is 10.2. The molecular weight excluding hydrogens is 246 g/mol. The van der Waals surface area contributed by atoms with E-state index in [1.54, 1.807) is 6.08 Å². The van der Waals surface area contributed by atoms with Crippen LogP contribution < -0.4 is 0 Å². The van der Waals surface area contributed by atoms with Crippen molar-refractivity contribution in [2.24, 2.45) is 0 Å². The first-order valence-corrected chi connectivity index (χ1v) is 5.83. The summed E-state index contributed by atoms with van der Waals surface area (Å²) in [4.78, 5) is 10.7. The fraction of sp³-hybridized carbons (Fsp3) is 0.0909. The van der Waals surface area contributed by atoms with Gasteiger partial charge in [0.2, 0.25) is 6.54 Å². The van der Waals surface area contributed by atoms with Crippen molar-refractivity contribution in [2.45, 2.75) is 0 Å². The van der Waals surface area contributed by atoms with Crippen LogP contribution in [0.1, 0.15) is 4.88 Å². The van der Waals surface area contributed by atoms with E-state index >= 15 is 0 Å². The van der Waals surface area contributed by atoms with Gasteiger partial charge in [-0.1, -0.05) is 29.8 Å². The summed E-state index contributed by atoms with van der Waals surface area (Å²) in [5, 5.41) is 11.8. The zero-order valence-corrected chi connectivity index (χ0v) is 9.79. The first-order valence-electron chi connectivity index (χ1n) is 4.64. The zero-order chi connectivity index (χ0) is 11.5. The average molecular weight is 254 g/mol. The standard InChI is InChI=1S/C11H8ClNO2S/c12-11-8-4-1-2-5-9(8)16-10(11)6-3-7-13(14)15/h1-6H,7H2/b6-3+. The minimum atomic E-state index is -0.377. The molecule has 16 heavy (non-hydrogen) atoms. The normalized spacial score (nSPS) is 11.3. The molecule has 0 amide bonds. The SMILES string of the molecule is O=[N+]([O-])C/C=C/c1sc2ccccc2c1Cl. The lowest BCUT2D eigenvalue weighted by Gasteiger charge is -1.88. The molecule has 0 fully saturated rings. The maximum absolute atomic E-state index is 10.2. The predicted octanol–water partition coefficient (Wildman–Crippen LogP) is 3.84. The minimum Gasteiger partial charge on any atom is -0.264 e. The first kappa shape index (κ1) is 11.1. The Morgan fingerprint density at radius 1 is 1.44 bits per heavy atom. The number of rotatable bonds is 3. The fourth-order valence-electron chi connectivity index (χ4n) is 1.39. The van der Waals surface area contributed by atoms with E-state index in [-0.39, 0.29) is 11.5 Å². The molecule has 0 atom stereocenters. The van der Waals surface area contributed by atoms with Crippen LogP contribution in [0.25, 0.3) is 16.2 Å². The number of halogens is 1. The molecule has 3 nitrogen and oxygen atoms in total. The lowest BCUT2D eigenvalue weighted by molar-refractivity contribution is -0.468. The van der Waals surface area contributed by atoms with Gasteiger partial charge in [-0.2, -0.15) is 0 Å². The molecule has 1 heterocycles. The van der Waals surface area contributed by atoms with Gasteiger partial charge < -0.3 is 0 Å². The number of hydrogen-bond acceptors (Lipinski definition) is 3. The van der Waals surface area contributed by atoms with E-state index in [2.05, 4.69) is 0 Å². The Kier molecular flexibility index (Phi) is 3.22. The monoisotopic (exact) mass is 253 g/mol. The van der Waals surface area contributed by atoms with Gasteiger partial charge in [0.25, 0.3) is 0 Å². The van der Waals surface area contributed by atoms with Gasteiger partial charge in [0.15, 0.2) is 0 Å². The highest BCUT2D eigenvalue weighted by molar-refractivity contribution is 7.20. The summed E-state index contributed by atoms with van der Waals surface area (Å²) in [5.74, 6) is 0. The van der Waals surface area contributed by atoms with Crippen molar-refractivity contribution in [1.82, 2.24) is 0 Å². The molecule has 1 aromatic heterocycles.